The van der Waals surface area contributed by atoms with Gasteiger partial charge >= 0.3 is 0 Å². The number of hydrogen-bond donors (Lipinski definition) is 6. The summed E-state index contributed by atoms with van der Waals surface area (Å²) in [4.78, 5) is 12.8. The third kappa shape index (κ3) is 21.6. The largest absolute Gasteiger partial charge is 0.394 e. The summed E-state index contributed by atoms with van der Waals surface area (Å²) in [5, 5.41) is 53.8. The number of carbonyl (C=O) groups excluding carboxylic acids is 1. The van der Waals surface area contributed by atoms with Crippen molar-refractivity contribution in [2.75, 3.05) is 13.2 Å². The highest BCUT2D eigenvalue weighted by Gasteiger charge is 2.44. The predicted molar refractivity (Wildman–Crippen MR) is 189 cm³/mol. The van der Waals surface area contributed by atoms with E-state index in [1.54, 1.807) is 6.08 Å². The zero-order valence-electron chi connectivity index (χ0n) is 30.0. The van der Waals surface area contributed by atoms with Gasteiger partial charge in [0.25, 0.3) is 0 Å². The van der Waals surface area contributed by atoms with Crippen molar-refractivity contribution in [1.29, 1.82) is 0 Å². The molecule has 0 aromatic carbocycles. The molecule has 0 aromatic rings. The number of aliphatic hydroxyl groups is 5. The zero-order valence-corrected chi connectivity index (χ0v) is 30.0. The summed E-state index contributed by atoms with van der Waals surface area (Å²) in [6.45, 7) is 3.73. The molecule has 1 aliphatic heterocycles. The van der Waals surface area contributed by atoms with Crippen LogP contribution in [0, 0.1) is 0 Å². The quantitative estimate of drug-likeness (QED) is 0.0357. The van der Waals surface area contributed by atoms with Crippen molar-refractivity contribution in [2.24, 2.45) is 0 Å². The summed E-state index contributed by atoms with van der Waals surface area (Å²) in [6.07, 6.45) is 23.9. The maximum absolute atomic E-state index is 12.8. The van der Waals surface area contributed by atoms with E-state index in [4.69, 9.17) is 9.47 Å². The first-order valence-corrected chi connectivity index (χ1v) is 19.4. The van der Waals surface area contributed by atoms with Gasteiger partial charge in [-0.3, -0.25) is 4.79 Å². The van der Waals surface area contributed by atoms with E-state index >= 15 is 0 Å². The van der Waals surface area contributed by atoms with Crippen LogP contribution in [0.2, 0.25) is 0 Å². The molecule has 2 unspecified atom stereocenters. The number of unbranched alkanes of at least 4 members (excludes halogenated alkanes) is 21. The molecule has 0 bridgehead atoms. The normalized spacial score (nSPS) is 22.9. The van der Waals surface area contributed by atoms with E-state index in [1.807, 2.05) is 6.08 Å². The van der Waals surface area contributed by atoms with Crippen molar-refractivity contribution in [3.8, 4) is 0 Å². The number of amides is 1. The van der Waals surface area contributed by atoms with E-state index in [-0.39, 0.29) is 12.5 Å². The van der Waals surface area contributed by atoms with Crippen LogP contribution in [0.5, 0.6) is 0 Å². The van der Waals surface area contributed by atoms with Gasteiger partial charge in [-0.25, -0.2) is 0 Å². The van der Waals surface area contributed by atoms with Crippen LogP contribution in [-0.4, -0.2) is 87.5 Å². The van der Waals surface area contributed by atoms with Gasteiger partial charge in [-0.15, -0.1) is 0 Å². The van der Waals surface area contributed by atoms with Crippen molar-refractivity contribution < 1.29 is 39.8 Å². The average Bonchev–Trinajstić information content (AvgIpc) is 3.07. The summed E-state index contributed by atoms with van der Waals surface area (Å²) in [5.74, 6) is -0.179. The lowest BCUT2D eigenvalue weighted by Crippen LogP contribution is -2.60. The molecule has 0 radical (unpaired) electrons. The molecule has 1 fully saturated rings. The third-order valence-electron chi connectivity index (χ3n) is 9.36. The SMILES string of the molecule is CCCCCCCCCCC/C=C/[C@@H](O)[C@H](CO[C@@H]1O[C@H](CO)[C@H](O)C(O)C1O)NC(=O)CCCCCCCCCCCCCCC. The molecule has 0 saturated carbocycles. The second-order valence-corrected chi connectivity index (χ2v) is 13.7. The number of carbonyl (C=O) groups is 1. The molecule has 7 atom stereocenters. The second-order valence-electron chi connectivity index (χ2n) is 13.7. The molecule has 278 valence electrons. The predicted octanol–water partition coefficient (Wildman–Crippen LogP) is 6.61. The van der Waals surface area contributed by atoms with Crippen LogP contribution in [0.3, 0.4) is 0 Å². The topological polar surface area (TPSA) is 149 Å². The number of rotatable bonds is 31. The molecule has 9 nitrogen and oxygen atoms in total. The highest BCUT2D eigenvalue weighted by Crippen LogP contribution is 2.22. The van der Waals surface area contributed by atoms with Crippen molar-refractivity contribution in [3.63, 3.8) is 0 Å². The summed E-state index contributed by atoms with van der Waals surface area (Å²) >= 11 is 0. The Hall–Kier alpha value is -1.07. The molecule has 1 amide bonds. The molecule has 47 heavy (non-hydrogen) atoms. The van der Waals surface area contributed by atoms with E-state index < -0.39 is 49.5 Å². The molecular weight excluding hydrogens is 598 g/mol. The van der Waals surface area contributed by atoms with Gasteiger partial charge in [0.05, 0.1) is 25.4 Å². The maximum atomic E-state index is 12.8. The van der Waals surface area contributed by atoms with Crippen molar-refractivity contribution in [2.45, 2.75) is 211 Å². The fourth-order valence-corrected chi connectivity index (χ4v) is 6.15. The van der Waals surface area contributed by atoms with Gasteiger partial charge in [0, 0.05) is 6.42 Å². The number of hydrogen-bond acceptors (Lipinski definition) is 8. The van der Waals surface area contributed by atoms with Crippen molar-refractivity contribution >= 4 is 5.91 Å². The lowest BCUT2D eigenvalue weighted by atomic mass is 9.99. The smallest absolute Gasteiger partial charge is 0.220 e. The molecule has 1 rings (SSSR count). The van der Waals surface area contributed by atoms with E-state index in [0.717, 1.165) is 38.5 Å². The van der Waals surface area contributed by atoms with Gasteiger partial charge in [-0.2, -0.15) is 0 Å². The Morgan fingerprint density at radius 2 is 1.17 bits per heavy atom. The van der Waals surface area contributed by atoms with Gasteiger partial charge < -0.3 is 40.3 Å². The molecule has 0 spiro atoms. The Morgan fingerprint density at radius 1 is 0.702 bits per heavy atom. The van der Waals surface area contributed by atoms with Gasteiger partial charge in [0.15, 0.2) is 6.29 Å². The Bertz CT molecular complexity index is 751. The first kappa shape index (κ1) is 44.0. The van der Waals surface area contributed by atoms with Gasteiger partial charge in [-0.05, 0) is 19.3 Å². The Balaban J connectivity index is 2.45. The lowest BCUT2D eigenvalue weighted by Gasteiger charge is -2.40. The van der Waals surface area contributed by atoms with E-state index in [0.29, 0.717) is 6.42 Å². The number of allylic oxidation sites excluding steroid dienone is 1. The monoisotopic (exact) mass is 672 g/mol. The van der Waals surface area contributed by atoms with Crippen LogP contribution in [-0.2, 0) is 14.3 Å². The van der Waals surface area contributed by atoms with Crippen LogP contribution < -0.4 is 5.32 Å². The standard InChI is InChI=1S/C38H73NO8/c1-3-5-7-9-11-13-15-16-18-20-22-24-26-28-34(42)39-31(30-46-38-37(45)36(44)35(43)33(29-40)47-38)32(41)27-25-23-21-19-17-14-12-10-8-6-4-2/h25,27,31-33,35-38,40-41,43-45H,3-24,26,28-30H2,1-2H3,(H,39,42)/b27-25+/t31-,32+,33+,35-,36?,37?,38+/m0/s1. The minimum Gasteiger partial charge on any atom is -0.394 e. The first-order valence-electron chi connectivity index (χ1n) is 19.4. The third-order valence-corrected chi connectivity index (χ3v) is 9.36. The van der Waals surface area contributed by atoms with Crippen molar-refractivity contribution in [1.82, 2.24) is 5.32 Å². The molecule has 1 aliphatic rings. The molecule has 1 saturated heterocycles. The summed E-state index contributed by atoms with van der Waals surface area (Å²) < 4.78 is 11.1. The highest BCUT2D eigenvalue weighted by molar-refractivity contribution is 5.76. The summed E-state index contributed by atoms with van der Waals surface area (Å²) in [5.41, 5.74) is 0. The van der Waals surface area contributed by atoms with Crippen LogP contribution >= 0.6 is 0 Å². The molecule has 0 aromatic heterocycles. The lowest BCUT2D eigenvalue weighted by molar-refractivity contribution is -0.302. The Morgan fingerprint density at radius 3 is 1.66 bits per heavy atom. The zero-order chi connectivity index (χ0) is 34.5. The van der Waals surface area contributed by atoms with Crippen LogP contribution in [0.1, 0.15) is 168 Å². The molecule has 1 heterocycles. The number of nitrogens with one attached hydrogen (secondary N) is 1. The Labute approximate surface area is 286 Å². The summed E-state index contributed by atoms with van der Waals surface area (Å²) in [6, 6.07) is -0.795. The average molecular weight is 672 g/mol. The fourth-order valence-electron chi connectivity index (χ4n) is 6.15. The number of aliphatic hydroxyl groups excluding tert-OH is 5. The van der Waals surface area contributed by atoms with Gasteiger partial charge in [-0.1, -0.05) is 154 Å². The van der Waals surface area contributed by atoms with E-state index in [9.17, 15) is 30.3 Å². The minimum absolute atomic E-state index is 0.179. The van der Waals surface area contributed by atoms with E-state index in [2.05, 4.69) is 19.2 Å². The highest BCUT2D eigenvalue weighted by atomic mass is 16.7. The molecule has 6 N–H and O–H groups in total. The summed E-state index contributed by atoms with van der Waals surface area (Å²) in [7, 11) is 0. The van der Waals surface area contributed by atoms with E-state index in [1.165, 1.54) is 109 Å². The molecule has 9 heteroatoms. The first-order chi connectivity index (χ1) is 22.8. The number of ether oxygens (including phenoxy) is 2. The van der Waals surface area contributed by atoms with Crippen LogP contribution in [0.15, 0.2) is 12.2 Å². The molecule has 0 aliphatic carbocycles. The second kappa shape index (κ2) is 29.8. The van der Waals surface area contributed by atoms with Gasteiger partial charge in [0.2, 0.25) is 5.91 Å². The maximum Gasteiger partial charge on any atom is 0.220 e. The molecular formula is C38H73NO8. The van der Waals surface area contributed by atoms with Crippen LogP contribution in [0.4, 0.5) is 0 Å². The Kier molecular flexibility index (Phi) is 27.9. The minimum atomic E-state index is -1.56. The van der Waals surface area contributed by atoms with Crippen LogP contribution in [0.25, 0.3) is 0 Å². The van der Waals surface area contributed by atoms with Crippen molar-refractivity contribution in [3.05, 3.63) is 12.2 Å². The van der Waals surface area contributed by atoms with Gasteiger partial charge in [0.1, 0.15) is 24.4 Å². The fraction of sp³-hybridized carbons (Fsp3) is 0.921.